The van der Waals surface area contributed by atoms with Gasteiger partial charge in [0.2, 0.25) is 20.4 Å². The van der Waals surface area contributed by atoms with Gasteiger partial charge in [0.05, 0.1) is 28.4 Å². The number of Topliss-reactive ketones (excluding diaryl/α,β-unsaturated/α-hetero) is 1. The van der Waals surface area contributed by atoms with Crippen LogP contribution in [0.4, 0.5) is 9.59 Å². The van der Waals surface area contributed by atoms with E-state index in [-0.39, 0.29) is 5.75 Å². The van der Waals surface area contributed by atoms with Crippen LogP contribution in [0.1, 0.15) is 61.8 Å². The summed E-state index contributed by atoms with van der Waals surface area (Å²) < 4.78 is 27.6. The van der Waals surface area contributed by atoms with Gasteiger partial charge in [-0.05, 0) is 37.4 Å². The molecule has 0 spiro atoms. The molecule has 0 aliphatic rings. The van der Waals surface area contributed by atoms with E-state index < -0.39 is 95.5 Å². The number of carbonyl (C=O) groups excluding carboxylic acids is 7. The van der Waals surface area contributed by atoms with Crippen molar-refractivity contribution in [2.24, 2.45) is 23.7 Å². The van der Waals surface area contributed by atoms with Crippen molar-refractivity contribution in [1.82, 2.24) is 0 Å². The number of esters is 4. The number of carbonyl (C=O) groups is 7. The largest absolute Gasteiger partial charge is 0.428 e. The number of hydrogen-bond donors (Lipinski definition) is 0. The average molecular weight is 611 g/mol. The minimum atomic E-state index is -1.38. The van der Waals surface area contributed by atoms with Crippen LogP contribution in [0.5, 0.6) is 0 Å². The molecule has 0 aliphatic carbocycles. The van der Waals surface area contributed by atoms with Crippen molar-refractivity contribution >= 4 is 63.8 Å². The molecule has 0 aromatic carbocycles. The second-order valence-electron chi connectivity index (χ2n) is 9.71. The average Bonchev–Trinajstić information content (AvgIpc) is 2.85. The SMILES string of the molecule is CC(C)C(=O)OCOC(=O)SC[C@H](CC(=O)C(C)(C)SC(=O)OCOC(=O)C(C)C)C(=O)OCOC(=O)C(C)C. The van der Waals surface area contributed by atoms with Gasteiger partial charge in [0.1, 0.15) is 5.78 Å². The van der Waals surface area contributed by atoms with E-state index in [0.717, 1.165) is 0 Å². The standard InChI is InChI=1S/C25H38O13S2/c1-14(2)19(27)33-11-36-22(30)17(10-39-23(31)37-12-34-20(28)15(3)4)9-18(26)25(7,8)40-24(32)38-13-35-21(29)16(5)6/h14-17H,9-13H2,1-8H3/t17-/m0/s1. The van der Waals surface area contributed by atoms with E-state index in [1.807, 2.05) is 0 Å². The third-order valence-corrected chi connectivity index (χ3v) is 6.70. The van der Waals surface area contributed by atoms with Crippen molar-refractivity contribution in [2.75, 3.05) is 26.1 Å². The predicted molar refractivity (Wildman–Crippen MR) is 144 cm³/mol. The topological polar surface area (TPSA) is 175 Å². The molecule has 15 heteroatoms. The van der Waals surface area contributed by atoms with E-state index in [0.29, 0.717) is 23.5 Å². The normalized spacial score (nSPS) is 12.0. The van der Waals surface area contributed by atoms with Gasteiger partial charge in [-0.15, -0.1) is 0 Å². The molecule has 0 radical (unpaired) electrons. The Labute approximate surface area is 242 Å². The zero-order valence-electron chi connectivity index (χ0n) is 24.0. The van der Waals surface area contributed by atoms with Crippen LogP contribution in [0.25, 0.3) is 0 Å². The van der Waals surface area contributed by atoms with Gasteiger partial charge in [0.25, 0.3) is 0 Å². The zero-order valence-corrected chi connectivity index (χ0v) is 25.6. The fourth-order valence-electron chi connectivity index (χ4n) is 2.22. The quantitative estimate of drug-likeness (QED) is 0.139. The second-order valence-corrected chi connectivity index (χ2v) is 12.2. The number of ether oxygens (including phenoxy) is 6. The lowest BCUT2D eigenvalue weighted by Crippen LogP contribution is -2.34. The van der Waals surface area contributed by atoms with E-state index in [1.54, 1.807) is 41.5 Å². The molecule has 0 aromatic rings. The molecule has 228 valence electrons. The Morgan fingerprint density at radius 1 is 0.575 bits per heavy atom. The Morgan fingerprint density at radius 2 is 0.950 bits per heavy atom. The summed E-state index contributed by atoms with van der Waals surface area (Å²) in [5, 5.41) is -1.76. The smallest absolute Gasteiger partial charge is 0.371 e. The summed E-state index contributed by atoms with van der Waals surface area (Å²) in [5.74, 6) is -5.99. The first kappa shape index (κ1) is 37.2. The maximum Gasteiger partial charge on any atom is 0.371 e. The Balaban J connectivity index is 5.17. The molecule has 0 N–H and O–H groups in total. The van der Waals surface area contributed by atoms with Crippen molar-refractivity contribution in [3.8, 4) is 0 Å². The van der Waals surface area contributed by atoms with Crippen LogP contribution in [0.2, 0.25) is 0 Å². The highest BCUT2D eigenvalue weighted by molar-refractivity contribution is 8.15. The maximum atomic E-state index is 13.0. The lowest BCUT2D eigenvalue weighted by molar-refractivity contribution is -0.172. The molecule has 0 saturated heterocycles. The summed E-state index contributed by atoms with van der Waals surface area (Å²) in [6.07, 6.45) is -0.449. The summed E-state index contributed by atoms with van der Waals surface area (Å²) in [5.41, 5.74) is 0. The lowest BCUT2D eigenvalue weighted by Gasteiger charge is -2.23. The molecule has 0 bridgehead atoms. The molecule has 0 aliphatic heterocycles. The van der Waals surface area contributed by atoms with Crippen molar-refractivity contribution in [2.45, 2.75) is 66.6 Å². The third-order valence-electron chi connectivity index (χ3n) is 4.75. The van der Waals surface area contributed by atoms with Crippen LogP contribution in [0.3, 0.4) is 0 Å². The molecular formula is C25H38O13S2. The summed E-state index contributed by atoms with van der Waals surface area (Å²) in [4.78, 5) is 84.5. The van der Waals surface area contributed by atoms with Crippen molar-refractivity contribution in [3.05, 3.63) is 0 Å². The molecule has 0 heterocycles. The van der Waals surface area contributed by atoms with E-state index in [1.165, 1.54) is 13.8 Å². The fourth-order valence-corrected chi connectivity index (χ4v) is 3.66. The van der Waals surface area contributed by atoms with Crippen molar-refractivity contribution in [1.29, 1.82) is 0 Å². The third kappa shape index (κ3) is 15.7. The highest BCUT2D eigenvalue weighted by Crippen LogP contribution is 2.31. The highest BCUT2D eigenvalue weighted by Gasteiger charge is 2.36. The van der Waals surface area contributed by atoms with Crippen LogP contribution in [-0.4, -0.2) is 71.1 Å². The zero-order chi connectivity index (χ0) is 31.0. The van der Waals surface area contributed by atoms with Gasteiger partial charge in [-0.2, -0.15) is 0 Å². The molecule has 40 heavy (non-hydrogen) atoms. The molecule has 0 aromatic heterocycles. The van der Waals surface area contributed by atoms with Crippen LogP contribution in [0.15, 0.2) is 0 Å². The maximum absolute atomic E-state index is 13.0. The number of rotatable bonds is 16. The van der Waals surface area contributed by atoms with Gasteiger partial charge in [-0.1, -0.05) is 41.5 Å². The van der Waals surface area contributed by atoms with Gasteiger partial charge in [-0.3, -0.25) is 24.0 Å². The molecule has 13 nitrogen and oxygen atoms in total. The summed E-state index contributed by atoms with van der Waals surface area (Å²) >= 11 is 1.06. The summed E-state index contributed by atoms with van der Waals surface area (Å²) in [6.45, 7) is 10.5. The molecule has 0 unspecified atom stereocenters. The number of thioether (sulfide) groups is 2. The fraction of sp³-hybridized carbons (Fsp3) is 0.720. The molecule has 0 amide bonds. The Hall–Kier alpha value is -2.81. The first-order chi connectivity index (χ1) is 18.5. The number of ketones is 1. The minimum Gasteiger partial charge on any atom is -0.428 e. The summed E-state index contributed by atoms with van der Waals surface area (Å²) in [6, 6.07) is 0. The van der Waals surface area contributed by atoms with Crippen molar-refractivity contribution < 1.29 is 62.0 Å². The first-order valence-electron chi connectivity index (χ1n) is 12.3. The van der Waals surface area contributed by atoms with Crippen LogP contribution < -0.4 is 0 Å². The van der Waals surface area contributed by atoms with E-state index in [4.69, 9.17) is 28.4 Å². The molecule has 1 atom stereocenters. The lowest BCUT2D eigenvalue weighted by atomic mass is 9.97. The van der Waals surface area contributed by atoms with Crippen LogP contribution in [-0.2, 0) is 52.4 Å². The molecular weight excluding hydrogens is 572 g/mol. The predicted octanol–water partition coefficient (Wildman–Crippen LogP) is 4.09. The second kappa shape index (κ2) is 18.5. The Bertz CT molecular complexity index is 912. The van der Waals surface area contributed by atoms with Gasteiger partial charge in [0.15, 0.2) is 0 Å². The van der Waals surface area contributed by atoms with Crippen LogP contribution in [0, 0.1) is 23.7 Å². The highest BCUT2D eigenvalue weighted by atomic mass is 32.2. The Kier molecular flexibility index (Phi) is 17.2. The number of hydrogen-bond acceptors (Lipinski definition) is 15. The van der Waals surface area contributed by atoms with Gasteiger partial charge >= 0.3 is 34.5 Å². The van der Waals surface area contributed by atoms with E-state index in [2.05, 4.69) is 0 Å². The van der Waals surface area contributed by atoms with Crippen LogP contribution >= 0.6 is 23.5 Å². The Morgan fingerprint density at radius 3 is 1.38 bits per heavy atom. The summed E-state index contributed by atoms with van der Waals surface area (Å²) in [7, 11) is 0. The molecule has 0 fully saturated rings. The van der Waals surface area contributed by atoms with Gasteiger partial charge in [-0.25, -0.2) is 9.59 Å². The van der Waals surface area contributed by atoms with Gasteiger partial charge in [0, 0.05) is 12.2 Å². The minimum absolute atomic E-state index is 0.268. The van der Waals surface area contributed by atoms with Gasteiger partial charge < -0.3 is 28.4 Å². The van der Waals surface area contributed by atoms with E-state index >= 15 is 0 Å². The first-order valence-corrected chi connectivity index (χ1v) is 14.1. The van der Waals surface area contributed by atoms with E-state index in [9.17, 15) is 33.6 Å². The molecule has 0 saturated carbocycles. The van der Waals surface area contributed by atoms with Crippen molar-refractivity contribution in [3.63, 3.8) is 0 Å². The monoisotopic (exact) mass is 610 g/mol. The molecule has 0 rings (SSSR count).